The highest BCUT2D eigenvalue weighted by Crippen LogP contribution is 2.39. The molecule has 8 heteroatoms. The van der Waals surface area contributed by atoms with Crippen molar-refractivity contribution >= 4 is 28.9 Å². The number of thiocarbonyl (C=S) groups is 1. The van der Waals surface area contributed by atoms with Gasteiger partial charge in [-0.05, 0) is 72.9 Å². The Labute approximate surface area is 208 Å². The van der Waals surface area contributed by atoms with Gasteiger partial charge in [0.1, 0.15) is 5.82 Å². The Kier molecular flexibility index (Phi) is 6.54. The summed E-state index contributed by atoms with van der Waals surface area (Å²) in [6.45, 7) is 0.410. The van der Waals surface area contributed by atoms with Crippen LogP contribution in [0.4, 0.5) is 10.1 Å². The van der Waals surface area contributed by atoms with E-state index in [1.54, 1.807) is 18.3 Å². The van der Waals surface area contributed by atoms with Gasteiger partial charge in [-0.3, -0.25) is 9.78 Å². The van der Waals surface area contributed by atoms with Crippen molar-refractivity contribution in [2.45, 2.75) is 18.5 Å². The molecular formula is C27H24FN5OS. The molecule has 1 saturated heterocycles. The number of nitrogens with zero attached hydrogens (tertiary/aromatic N) is 3. The lowest BCUT2D eigenvalue weighted by atomic mass is 10.0. The highest BCUT2D eigenvalue weighted by Gasteiger charge is 2.41. The van der Waals surface area contributed by atoms with Crippen molar-refractivity contribution in [3.05, 3.63) is 115 Å². The van der Waals surface area contributed by atoms with Crippen molar-refractivity contribution in [1.29, 1.82) is 0 Å². The monoisotopic (exact) mass is 485 g/mol. The first-order valence-electron chi connectivity index (χ1n) is 11.4. The van der Waals surface area contributed by atoms with Gasteiger partial charge in [0, 0.05) is 42.4 Å². The lowest BCUT2D eigenvalue weighted by Crippen LogP contribution is -2.33. The summed E-state index contributed by atoms with van der Waals surface area (Å²) in [4.78, 5) is 19.3. The Hall–Kier alpha value is -4.04. The zero-order valence-corrected chi connectivity index (χ0v) is 19.7. The zero-order valence-electron chi connectivity index (χ0n) is 18.8. The maximum absolute atomic E-state index is 13.2. The quantitative estimate of drug-likeness (QED) is 0.360. The van der Waals surface area contributed by atoms with E-state index in [-0.39, 0.29) is 30.2 Å². The molecule has 35 heavy (non-hydrogen) atoms. The number of amides is 1. The van der Waals surface area contributed by atoms with E-state index in [0.717, 1.165) is 17.1 Å². The Balaban J connectivity index is 1.42. The number of aromatic nitrogens is 2. The fourth-order valence-corrected chi connectivity index (χ4v) is 4.74. The first-order valence-corrected chi connectivity index (χ1v) is 11.8. The van der Waals surface area contributed by atoms with Gasteiger partial charge in [-0.25, -0.2) is 4.39 Å². The van der Waals surface area contributed by atoms with Gasteiger partial charge in [0.05, 0.1) is 17.8 Å². The zero-order chi connectivity index (χ0) is 24.2. The number of hydrogen-bond acceptors (Lipinski definition) is 3. The normalized spacial score (nSPS) is 17.3. The molecule has 3 heterocycles. The van der Waals surface area contributed by atoms with Crippen LogP contribution in [0.25, 0.3) is 5.69 Å². The summed E-state index contributed by atoms with van der Waals surface area (Å²) in [6.07, 6.45) is 4.02. The molecule has 2 aromatic carbocycles. The van der Waals surface area contributed by atoms with Crippen molar-refractivity contribution in [2.75, 3.05) is 11.9 Å². The van der Waals surface area contributed by atoms with Crippen LogP contribution < -0.4 is 10.6 Å². The number of anilines is 1. The molecule has 176 valence electrons. The second-order valence-electron chi connectivity index (χ2n) is 8.26. The summed E-state index contributed by atoms with van der Waals surface area (Å²) in [5.41, 5.74) is 3.51. The van der Waals surface area contributed by atoms with Crippen molar-refractivity contribution in [3.63, 3.8) is 0 Å². The van der Waals surface area contributed by atoms with Crippen LogP contribution in [0.3, 0.4) is 0 Å². The Morgan fingerprint density at radius 3 is 2.51 bits per heavy atom. The second-order valence-corrected chi connectivity index (χ2v) is 8.65. The fraction of sp³-hybridized carbons (Fsp3) is 0.148. The summed E-state index contributed by atoms with van der Waals surface area (Å²) in [7, 11) is 0. The molecule has 1 amide bonds. The fourth-order valence-electron chi connectivity index (χ4n) is 4.41. The summed E-state index contributed by atoms with van der Waals surface area (Å²) in [6, 6.07) is 25.4. The summed E-state index contributed by atoms with van der Waals surface area (Å²) < 4.78 is 15.3. The van der Waals surface area contributed by atoms with Crippen LogP contribution in [0, 0.1) is 5.82 Å². The maximum Gasteiger partial charge on any atom is 0.226 e. The van der Waals surface area contributed by atoms with Gasteiger partial charge in [0.15, 0.2) is 5.11 Å². The molecule has 2 atom stereocenters. The van der Waals surface area contributed by atoms with Gasteiger partial charge in [0.25, 0.3) is 0 Å². The lowest BCUT2D eigenvalue weighted by molar-refractivity contribution is -0.116. The van der Waals surface area contributed by atoms with E-state index in [9.17, 15) is 9.18 Å². The van der Waals surface area contributed by atoms with Crippen molar-refractivity contribution in [3.8, 4) is 5.69 Å². The molecule has 0 aliphatic carbocycles. The predicted octanol–water partition coefficient (Wildman–Crippen LogP) is 5.01. The van der Waals surface area contributed by atoms with Gasteiger partial charge in [-0.15, -0.1) is 0 Å². The van der Waals surface area contributed by atoms with E-state index in [1.807, 2.05) is 53.6 Å². The Morgan fingerprint density at radius 2 is 1.77 bits per heavy atom. The molecule has 0 spiro atoms. The SMILES string of the molecule is O=C(CCN1C(=S)NC(c2ccccn2)C1c1cccn1-c1ccccc1)Nc1ccc(F)cc1. The maximum atomic E-state index is 13.2. The molecule has 5 rings (SSSR count). The van der Waals surface area contributed by atoms with Crippen LogP contribution >= 0.6 is 12.2 Å². The van der Waals surface area contributed by atoms with Crippen LogP contribution in [0.1, 0.15) is 29.9 Å². The Morgan fingerprint density at radius 1 is 1.00 bits per heavy atom. The van der Waals surface area contributed by atoms with Crippen molar-refractivity contribution in [1.82, 2.24) is 19.8 Å². The van der Waals surface area contributed by atoms with E-state index in [2.05, 4.69) is 38.4 Å². The molecule has 2 aromatic heterocycles. The predicted molar refractivity (Wildman–Crippen MR) is 138 cm³/mol. The highest BCUT2D eigenvalue weighted by molar-refractivity contribution is 7.80. The van der Waals surface area contributed by atoms with E-state index < -0.39 is 0 Å². The lowest BCUT2D eigenvalue weighted by Gasteiger charge is -2.28. The third-order valence-electron chi connectivity index (χ3n) is 6.02. The molecule has 0 bridgehead atoms. The van der Waals surface area contributed by atoms with Gasteiger partial charge in [0.2, 0.25) is 5.91 Å². The van der Waals surface area contributed by atoms with Gasteiger partial charge in [-0.1, -0.05) is 24.3 Å². The first kappa shape index (κ1) is 22.7. The molecule has 1 aliphatic rings. The van der Waals surface area contributed by atoms with Crippen LogP contribution in [-0.2, 0) is 4.79 Å². The third kappa shape index (κ3) is 4.93. The van der Waals surface area contributed by atoms with Crippen LogP contribution in [-0.4, -0.2) is 32.0 Å². The molecule has 4 aromatic rings. The number of halogens is 1. The van der Waals surface area contributed by atoms with Gasteiger partial charge < -0.3 is 20.1 Å². The number of carbonyl (C=O) groups is 1. The topological polar surface area (TPSA) is 62.2 Å². The third-order valence-corrected chi connectivity index (χ3v) is 6.38. The van der Waals surface area contributed by atoms with E-state index in [1.165, 1.54) is 12.1 Å². The standard InChI is InChI=1S/C27H24FN5OS/c28-19-11-13-20(14-12-19)30-24(34)15-18-33-26(25(31-27(33)35)22-9-4-5-16-29-22)23-10-6-17-32(23)21-7-2-1-3-8-21/h1-14,16-17,25-26H,15,18H2,(H,30,34)(H,31,35). The number of para-hydroxylation sites is 1. The van der Waals surface area contributed by atoms with Crippen LogP contribution in [0.15, 0.2) is 97.3 Å². The van der Waals surface area contributed by atoms with Crippen molar-refractivity contribution in [2.24, 2.45) is 0 Å². The molecule has 1 fully saturated rings. The summed E-state index contributed by atoms with van der Waals surface area (Å²) >= 11 is 5.73. The second kappa shape index (κ2) is 10.1. The summed E-state index contributed by atoms with van der Waals surface area (Å²) in [5, 5.41) is 6.82. The van der Waals surface area contributed by atoms with Gasteiger partial charge in [-0.2, -0.15) is 0 Å². The van der Waals surface area contributed by atoms with E-state index in [0.29, 0.717) is 17.3 Å². The highest BCUT2D eigenvalue weighted by atomic mass is 32.1. The number of rotatable bonds is 7. The van der Waals surface area contributed by atoms with E-state index in [4.69, 9.17) is 12.2 Å². The van der Waals surface area contributed by atoms with Crippen LogP contribution in [0.2, 0.25) is 0 Å². The number of hydrogen-bond donors (Lipinski definition) is 2. The van der Waals surface area contributed by atoms with Gasteiger partial charge >= 0.3 is 0 Å². The molecule has 2 unspecified atom stereocenters. The minimum atomic E-state index is -0.346. The number of benzene rings is 2. The summed E-state index contributed by atoms with van der Waals surface area (Å²) in [5.74, 6) is -0.515. The number of nitrogens with one attached hydrogen (secondary N) is 2. The molecule has 1 aliphatic heterocycles. The molecular weight excluding hydrogens is 461 g/mol. The molecule has 6 nitrogen and oxygen atoms in total. The molecule has 0 radical (unpaired) electrons. The average molecular weight is 486 g/mol. The number of carbonyl (C=O) groups excluding carboxylic acids is 1. The molecule has 2 N–H and O–H groups in total. The average Bonchev–Trinajstić information content (AvgIpc) is 3.49. The minimum absolute atomic E-state index is 0.169. The Bertz CT molecular complexity index is 1310. The minimum Gasteiger partial charge on any atom is -0.352 e. The number of pyridine rings is 1. The van der Waals surface area contributed by atoms with Crippen LogP contribution in [0.5, 0.6) is 0 Å². The molecule has 0 saturated carbocycles. The van der Waals surface area contributed by atoms with E-state index >= 15 is 0 Å². The van der Waals surface area contributed by atoms with Crippen molar-refractivity contribution < 1.29 is 9.18 Å². The largest absolute Gasteiger partial charge is 0.352 e. The first-order chi connectivity index (χ1) is 17.1. The smallest absolute Gasteiger partial charge is 0.226 e.